The zero-order chi connectivity index (χ0) is 22.1. The number of hydrogen-bond donors (Lipinski definition) is 2. The van der Waals surface area contributed by atoms with E-state index < -0.39 is 34.8 Å². The third-order valence-electron chi connectivity index (χ3n) is 4.24. The predicted octanol–water partition coefficient (Wildman–Crippen LogP) is 4.69. The van der Waals surface area contributed by atoms with Crippen LogP contribution in [0.4, 0.5) is 23.2 Å². The van der Waals surface area contributed by atoms with Crippen molar-refractivity contribution in [2.24, 2.45) is 0 Å². The normalized spacial score (nSPS) is 13.0. The molecule has 0 saturated carbocycles. The van der Waals surface area contributed by atoms with Gasteiger partial charge in [0.1, 0.15) is 11.9 Å². The monoisotopic (exact) mass is 420 g/mol. The average molecular weight is 420 g/mol. The molecule has 2 N–H and O–H groups in total. The van der Waals surface area contributed by atoms with Gasteiger partial charge in [-0.2, -0.15) is 18.4 Å². The fraction of sp³-hybridized carbons (Fsp3) is 0.250. The van der Waals surface area contributed by atoms with E-state index in [1.165, 1.54) is 50.2 Å². The Morgan fingerprint density at radius 1 is 1.10 bits per heavy atom. The summed E-state index contributed by atoms with van der Waals surface area (Å²) in [6.45, 7) is 2.83. The van der Waals surface area contributed by atoms with Gasteiger partial charge in [0.15, 0.2) is 0 Å². The lowest BCUT2D eigenvalue weighted by Gasteiger charge is -2.28. The minimum atomic E-state index is -4.73. The van der Waals surface area contributed by atoms with E-state index in [0.717, 1.165) is 12.1 Å². The second-order valence-electron chi connectivity index (χ2n) is 7.05. The Balaban J connectivity index is 1.96. The van der Waals surface area contributed by atoms with Gasteiger partial charge in [-0.25, -0.2) is 4.39 Å². The fourth-order valence-corrected chi connectivity index (χ4v) is 2.73. The van der Waals surface area contributed by atoms with Crippen molar-refractivity contribution in [3.8, 4) is 17.5 Å². The predicted molar refractivity (Wildman–Crippen MR) is 98.5 cm³/mol. The van der Waals surface area contributed by atoms with Crippen LogP contribution in [0.2, 0.25) is 0 Å². The van der Waals surface area contributed by atoms with Crippen LogP contribution in [0.5, 0.6) is 0 Å². The van der Waals surface area contributed by atoms with Gasteiger partial charge >= 0.3 is 6.18 Å². The number of nitrogens with one attached hydrogen (secondary N) is 1. The minimum absolute atomic E-state index is 0.00465. The summed E-state index contributed by atoms with van der Waals surface area (Å²) in [5.41, 5.74) is -2.72. The fourth-order valence-electron chi connectivity index (χ4n) is 2.73. The molecular weight excluding hydrogens is 404 g/mol. The van der Waals surface area contributed by atoms with E-state index in [9.17, 15) is 22.7 Å². The molecule has 0 amide bonds. The Labute approximate surface area is 168 Å². The Morgan fingerprint density at radius 2 is 1.77 bits per heavy atom. The van der Waals surface area contributed by atoms with Crippen molar-refractivity contribution in [3.63, 3.8) is 0 Å². The van der Waals surface area contributed by atoms with Crippen molar-refractivity contribution in [1.29, 1.82) is 5.26 Å². The molecule has 0 spiro atoms. The summed E-state index contributed by atoms with van der Waals surface area (Å²) in [5.74, 6) is -0.479. The number of aliphatic hydroxyl groups is 1. The van der Waals surface area contributed by atoms with Crippen LogP contribution in [0.15, 0.2) is 46.9 Å². The first-order chi connectivity index (χ1) is 14.0. The zero-order valence-electron chi connectivity index (χ0n) is 15.8. The average Bonchev–Trinajstić information content (AvgIpc) is 3.14. The zero-order valence-corrected chi connectivity index (χ0v) is 15.8. The first-order valence-corrected chi connectivity index (χ1v) is 8.68. The van der Waals surface area contributed by atoms with Gasteiger partial charge in [0, 0.05) is 11.3 Å². The number of rotatable bonds is 5. The van der Waals surface area contributed by atoms with Crippen LogP contribution < -0.4 is 5.32 Å². The second kappa shape index (κ2) is 7.76. The molecule has 156 valence electrons. The molecule has 3 rings (SSSR count). The summed E-state index contributed by atoms with van der Waals surface area (Å²) in [7, 11) is 0. The summed E-state index contributed by atoms with van der Waals surface area (Å²) in [5, 5.41) is 29.9. The Bertz CT molecular complexity index is 1080. The summed E-state index contributed by atoms with van der Waals surface area (Å²) in [6, 6.07) is 8.78. The molecular formula is C20H16F4N4O2. The molecule has 0 unspecified atom stereocenters. The van der Waals surface area contributed by atoms with Crippen LogP contribution in [-0.2, 0) is 6.18 Å². The van der Waals surface area contributed by atoms with Crippen molar-refractivity contribution in [2.75, 3.05) is 5.32 Å². The largest absolute Gasteiger partial charge is 0.418 e. The smallest absolute Gasteiger partial charge is 0.417 e. The van der Waals surface area contributed by atoms with Crippen LogP contribution in [0.25, 0.3) is 11.5 Å². The molecule has 0 radical (unpaired) electrons. The van der Waals surface area contributed by atoms with Crippen LogP contribution in [0.3, 0.4) is 0 Å². The molecule has 0 bridgehead atoms. The quantitative estimate of drug-likeness (QED) is 0.582. The lowest BCUT2D eigenvalue weighted by Crippen LogP contribution is -2.34. The first-order valence-electron chi connectivity index (χ1n) is 8.68. The Morgan fingerprint density at radius 3 is 2.33 bits per heavy atom. The maximum absolute atomic E-state index is 13.2. The van der Waals surface area contributed by atoms with Gasteiger partial charge in [0.25, 0.3) is 0 Å². The van der Waals surface area contributed by atoms with E-state index in [4.69, 9.17) is 9.68 Å². The molecule has 30 heavy (non-hydrogen) atoms. The third kappa shape index (κ3) is 4.58. The van der Waals surface area contributed by atoms with Crippen molar-refractivity contribution >= 4 is 5.69 Å². The highest BCUT2D eigenvalue weighted by Gasteiger charge is 2.36. The standard InChI is InChI=1S/C20H16F4N4O2/c1-19(2,29)16(18-28-27-17(30-18)11-3-6-13(21)7-4-11)26-14-8-5-12(10-25)15(9-14)20(22,23)24/h3-9,16,26,29H,1-2H3/t16-/m0/s1. The third-order valence-corrected chi connectivity index (χ3v) is 4.24. The maximum atomic E-state index is 13.2. The summed E-state index contributed by atoms with van der Waals surface area (Å²) in [4.78, 5) is 0. The van der Waals surface area contributed by atoms with E-state index in [1.54, 1.807) is 0 Å². The van der Waals surface area contributed by atoms with Gasteiger partial charge in [-0.05, 0) is 56.3 Å². The number of anilines is 1. The molecule has 2 aromatic carbocycles. The topological polar surface area (TPSA) is 95.0 Å². The summed E-state index contributed by atoms with van der Waals surface area (Å²) >= 11 is 0. The summed E-state index contributed by atoms with van der Waals surface area (Å²) in [6.07, 6.45) is -4.73. The molecule has 0 fully saturated rings. The SMILES string of the molecule is CC(C)(O)[C@@H](Nc1ccc(C#N)c(C(F)(F)F)c1)c1nnc(-c2ccc(F)cc2)o1. The molecule has 3 aromatic rings. The highest BCUT2D eigenvalue weighted by atomic mass is 19.4. The highest BCUT2D eigenvalue weighted by Crippen LogP contribution is 2.36. The van der Waals surface area contributed by atoms with Gasteiger partial charge in [-0.3, -0.25) is 0 Å². The molecule has 1 aromatic heterocycles. The van der Waals surface area contributed by atoms with E-state index in [-0.39, 0.29) is 17.5 Å². The van der Waals surface area contributed by atoms with Crippen LogP contribution in [0.1, 0.15) is 36.9 Å². The van der Waals surface area contributed by atoms with Gasteiger partial charge in [-0.15, -0.1) is 10.2 Å². The second-order valence-corrected chi connectivity index (χ2v) is 7.05. The minimum Gasteiger partial charge on any atom is -0.418 e. The number of benzene rings is 2. The number of hydrogen-bond acceptors (Lipinski definition) is 6. The van der Waals surface area contributed by atoms with Crippen molar-refractivity contribution in [3.05, 3.63) is 65.3 Å². The highest BCUT2D eigenvalue weighted by molar-refractivity contribution is 5.55. The number of halogens is 4. The number of alkyl halides is 3. The van der Waals surface area contributed by atoms with Gasteiger partial charge in [0.2, 0.25) is 11.8 Å². The lowest BCUT2D eigenvalue weighted by atomic mass is 9.98. The van der Waals surface area contributed by atoms with E-state index in [1.807, 2.05) is 0 Å². The Kier molecular flexibility index (Phi) is 5.50. The van der Waals surface area contributed by atoms with Crippen LogP contribution in [-0.4, -0.2) is 20.9 Å². The number of nitriles is 1. The van der Waals surface area contributed by atoms with E-state index in [0.29, 0.717) is 5.56 Å². The van der Waals surface area contributed by atoms with Crippen LogP contribution in [0, 0.1) is 17.1 Å². The lowest BCUT2D eigenvalue weighted by molar-refractivity contribution is -0.137. The summed E-state index contributed by atoms with van der Waals surface area (Å²) < 4.78 is 58.4. The van der Waals surface area contributed by atoms with Crippen LogP contribution >= 0.6 is 0 Å². The maximum Gasteiger partial charge on any atom is 0.417 e. The molecule has 0 saturated heterocycles. The van der Waals surface area contributed by atoms with Gasteiger partial charge in [-0.1, -0.05) is 0 Å². The molecule has 1 heterocycles. The van der Waals surface area contributed by atoms with E-state index >= 15 is 0 Å². The molecule has 1 atom stereocenters. The number of nitrogens with zero attached hydrogens (tertiary/aromatic N) is 3. The number of aromatic nitrogens is 2. The molecule has 10 heteroatoms. The Hall–Kier alpha value is -3.45. The van der Waals surface area contributed by atoms with Crippen molar-refractivity contribution in [1.82, 2.24) is 10.2 Å². The van der Waals surface area contributed by atoms with E-state index in [2.05, 4.69) is 15.5 Å². The van der Waals surface area contributed by atoms with Gasteiger partial charge < -0.3 is 14.8 Å². The first kappa shape index (κ1) is 21.3. The van der Waals surface area contributed by atoms with Crippen molar-refractivity contribution < 1.29 is 27.1 Å². The molecule has 0 aliphatic heterocycles. The molecule has 0 aliphatic carbocycles. The molecule has 6 nitrogen and oxygen atoms in total. The van der Waals surface area contributed by atoms with Gasteiger partial charge in [0.05, 0.1) is 22.8 Å². The molecule has 0 aliphatic rings. The van der Waals surface area contributed by atoms with Crippen molar-refractivity contribution in [2.45, 2.75) is 31.7 Å².